The summed E-state index contributed by atoms with van der Waals surface area (Å²) < 4.78 is 1.83. The predicted molar refractivity (Wildman–Crippen MR) is 67.5 cm³/mol. The van der Waals surface area contributed by atoms with Crippen LogP contribution in [0.4, 0.5) is 0 Å². The van der Waals surface area contributed by atoms with E-state index in [1.54, 1.807) is 6.20 Å². The minimum atomic E-state index is 0.855. The minimum Gasteiger partial charge on any atom is -0.311 e. The van der Waals surface area contributed by atoms with Crippen LogP contribution in [0.15, 0.2) is 36.7 Å². The normalized spacial score (nSPS) is 10.6. The molecule has 90 valence electrons. The molecule has 0 aliphatic rings. The van der Waals surface area contributed by atoms with Crippen molar-refractivity contribution in [3.63, 3.8) is 0 Å². The van der Waals surface area contributed by atoms with Crippen molar-refractivity contribution in [3.8, 4) is 0 Å². The number of hydrogen-bond donors (Lipinski definition) is 1. The third kappa shape index (κ3) is 3.39. The summed E-state index contributed by atoms with van der Waals surface area (Å²) in [4.78, 5) is 0. The van der Waals surface area contributed by atoms with Crippen molar-refractivity contribution < 1.29 is 0 Å². The van der Waals surface area contributed by atoms with Crippen LogP contribution in [0.25, 0.3) is 0 Å². The third-order valence-corrected chi connectivity index (χ3v) is 2.80. The van der Waals surface area contributed by atoms with Gasteiger partial charge in [-0.15, -0.1) is 5.10 Å². The molecule has 2 rings (SSSR count). The fourth-order valence-electron chi connectivity index (χ4n) is 1.84. The Kier molecular flexibility index (Phi) is 4.27. The molecule has 1 heterocycles. The van der Waals surface area contributed by atoms with E-state index in [4.69, 9.17) is 0 Å². The standard InChI is InChI=1S/C13H18N4/c1-2-12-5-3-4-6-13(12)11-14-7-9-17-10-8-15-16-17/h3-6,8,10,14H,2,7,9,11H2,1H3. The summed E-state index contributed by atoms with van der Waals surface area (Å²) in [6.07, 6.45) is 4.66. The van der Waals surface area contributed by atoms with Gasteiger partial charge in [-0.3, -0.25) is 4.68 Å². The zero-order valence-electron chi connectivity index (χ0n) is 10.1. The van der Waals surface area contributed by atoms with Crippen LogP contribution in [0.2, 0.25) is 0 Å². The van der Waals surface area contributed by atoms with Gasteiger partial charge in [-0.1, -0.05) is 36.4 Å². The van der Waals surface area contributed by atoms with Crippen LogP contribution in [0, 0.1) is 0 Å². The highest BCUT2D eigenvalue weighted by atomic mass is 15.4. The zero-order valence-corrected chi connectivity index (χ0v) is 10.1. The number of hydrogen-bond acceptors (Lipinski definition) is 3. The average molecular weight is 230 g/mol. The van der Waals surface area contributed by atoms with E-state index in [0.29, 0.717) is 0 Å². The highest BCUT2D eigenvalue weighted by molar-refractivity contribution is 5.26. The molecule has 4 nitrogen and oxygen atoms in total. The molecule has 17 heavy (non-hydrogen) atoms. The number of aromatic nitrogens is 3. The molecule has 0 bridgehead atoms. The molecule has 0 amide bonds. The smallest absolute Gasteiger partial charge is 0.0692 e. The lowest BCUT2D eigenvalue weighted by atomic mass is 10.1. The first-order valence-electron chi connectivity index (χ1n) is 6.01. The Hall–Kier alpha value is -1.68. The topological polar surface area (TPSA) is 42.7 Å². The Morgan fingerprint density at radius 2 is 2.06 bits per heavy atom. The molecule has 0 aliphatic heterocycles. The van der Waals surface area contributed by atoms with Crippen LogP contribution in [0.5, 0.6) is 0 Å². The Morgan fingerprint density at radius 3 is 2.76 bits per heavy atom. The van der Waals surface area contributed by atoms with Crippen molar-refractivity contribution in [2.45, 2.75) is 26.4 Å². The van der Waals surface area contributed by atoms with E-state index in [1.807, 2.05) is 10.9 Å². The van der Waals surface area contributed by atoms with Gasteiger partial charge in [0.05, 0.1) is 12.7 Å². The van der Waals surface area contributed by atoms with Gasteiger partial charge < -0.3 is 5.32 Å². The predicted octanol–water partition coefficient (Wildman–Crippen LogP) is 1.63. The highest BCUT2D eigenvalue weighted by Gasteiger charge is 1.98. The quantitative estimate of drug-likeness (QED) is 0.767. The molecule has 2 aromatic rings. The Labute approximate surface area is 102 Å². The van der Waals surface area contributed by atoms with E-state index >= 15 is 0 Å². The first-order valence-corrected chi connectivity index (χ1v) is 6.01. The number of nitrogens with one attached hydrogen (secondary N) is 1. The summed E-state index contributed by atoms with van der Waals surface area (Å²) in [5, 5.41) is 11.1. The van der Waals surface area contributed by atoms with Crippen molar-refractivity contribution in [2.24, 2.45) is 0 Å². The third-order valence-electron chi connectivity index (χ3n) is 2.80. The summed E-state index contributed by atoms with van der Waals surface area (Å²) >= 11 is 0. The van der Waals surface area contributed by atoms with E-state index < -0.39 is 0 Å². The monoisotopic (exact) mass is 230 g/mol. The molecule has 0 atom stereocenters. The molecule has 0 unspecified atom stereocenters. The van der Waals surface area contributed by atoms with Crippen LogP contribution in [-0.2, 0) is 19.5 Å². The van der Waals surface area contributed by atoms with Gasteiger partial charge in [0.25, 0.3) is 0 Å². The van der Waals surface area contributed by atoms with E-state index in [2.05, 4.69) is 46.8 Å². The number of nitrogens with zero attached hydrogens (tertiary/aromatic N) is 3. The first kappa shape index (κ1) is 11.8. The largest absolute Gasteiger partial charge is 0.311 e. The van der Waals surface area contributed by atoms with Gasteiger partial charge in [0, 0.05) is 19.3 Å². The second-order valence-electron chi connectivity index (χ2n) is 3.97. The van der Waals surface area contributed by atoms with Crippen molar-refractivity contribution in [1.29, 1.82) is 0 Å². The second-order valence-corrected chi connectivity index (χ2v) is 3.97. The van der Waals surface area contributed by atoms with E-state index in [1.165, 1.54) is 11.1 Å². The van der Waals surface area contributed by atoms with Gasteiger partial charge in [0.1, 0.15) is 0 Å². The Morgan fingerprint density at radius 1 is 1.24 bits per heavy atom. The maximum atomic E-state index is 3.92. The van der Waals surface area contributed by atoms with Gasteiger partial charge in [-0.2, -0.15) is 0 Å². The second kappa shape index (κ2) is 6.15. The number of rotatable bonds is 6. The first-order chi connectivity index (χ1) is 8.40. The van der Waals surface area contributed by atoms with Crippen LogP contribution in [0.3, 0.4) is 0 Å². The molecule has 0 aliphatic carbocycles. The maximum Gasteiger partial charge on any atom is 0.0692 e. The summed E-state index contributed by atoms with van der Waals surface area (Å²) in [6, 6.07) is 8.56. The number of benzene rings is 1. The summed E-state index contributed by atoms with van der Waals surface area (Å²) in [6.45, 7) is 4.86. The lowest BCUT2D eigenvalue weighted by molar-refractivity contribution is 0.539. The van der Waals surface area contributed by atoms with Crippen LogP contribution in [-0.4, -0.2) is 21.5 Å². The summed E-state index contributed by atoms with van der Waals surface area (Å²) in [7, 11) is 0. The van der Waals surface area contributed by atoms with Crippen molar-refractivity contribution >= 4 is 0 Å². The molecule has 0 saturated carbocycles. The SMILES string of the molecule is CCc1ccccc1CNCCn1ccnn1. The van der Waals surface area contributed by atoms with Gasteiger partial charge in [-0.25, -0.2) is 0 Å². The lowest BCUT2D eigenvalue weighted by Gasteiger charge is -2.08. The van der Waals surface area contributed by atoms with Crippen molar-refractivity contribution in [2.75, 3.05) is 6.54 Å². The minimum absolute atomic E-state index is 0.855. The average Bonchev–Trinajstić information content (AvgIpc) is 2.88. The fourth-order valence-corrected chi connectivity index (χ4v) is 1.84. The molecule has 0 radical (unpaired) electrons. The van der Waals surface area contributed by atoms with Crippen LogP contribution < -0.4 is 5.32 Å². The fraction of sp³-hybridized carbons (Fsp3) is 0.385. The highest BCUT2D eigenvalue weighted by Crippen LogP contribution is 2.08. The van der Waals surface area contributed by atoms with Gasteiger partial charge in [0.2, 0.25) is 0 Å². The van der Waals surface area contributed by atoms with E-state index in [0.717, 1.165) is 26.1 Å². The van der Waals surface area contributed by atoms with Gasteiger partial charge in [0.15, 0.2) is 0 Å². The summed E-state index contributed by atoms with van der Waals surface area (Å²) in [5.74, 6) is 0. The number of aryl methyl sites for hydroxylation is 1. The molecule has 1 aromatic heterocycles. The van der Waals surface area contributed by atoms with Crippen LogP contribution >= 0.6 is 0 Å². The molecular formula is C13H18N4. The van der Waals surface area contributed by atoms with E-state index in [-0.39, 0.29) is 0 Å². The molecule has 0 fully saturated rings. The van der Waals surface area contributed by atoms with Crippen molar-refractivity contribution in [3.05, 3.63) is 47.8 Å². The molecule has 1 aromatic carbocycles. The Balaban J connectivity index is 1.78. The molecular weight excluding hydrogens is 212 g/mol. The molecule has 0 spiro atoms. The molecule has 1 N–H and O–H groups in total. The van der Waals surface area contributed by atoms with Crippen molar-refractivity contribution in [1.82, 2.24) is 20.3 Å². The summed E-state index contributed by atoms with van der Waals surface area (Å²) in [5.41, 5.74) is 2.80. The van der Waals surface area contributed by atoms with Gasteiger partial charge >= 0.3 is 0 Å². The van der Waals surface area contributed by atoms with E-state index in [9.17, 15) is 0 Å². The maximum absolute atomic E-state index is 3.92. The van der Waals surface area contributed by atoms with Crippen LogP contribution in [0.1, 0.15) is 18.1 Å². The lowest BCUT2D eigenvalue weighted by Crippen LogP contribution is -2.20. The Bertz CT molecular complexity index is 436. The zero-order chi connectivity index (χ0) is 11.9. The molecule has 0 saturated heterocycles. The van der Waals surface area contributed by atoms with Gasteiger partial charge in [-0.05, 0) is 17.5 Å². The molecule has 4 heteroatoms.